The molecule has 0 saturated heterocycles. The molecule has 2 aromatic rings. The third-order valence-corrected chi connectivity index (χ3v) is 2.91. The van der Waals surface area contributed by atoms with Crippen LogP contribution in [0.2, 0.25) is 0 Å². The average molecular weight is 271 g/mol. The predicted molar refractivity (Wildman–Crippen MR) is 62.5 cm³/mol. The molecule has 1 N–H and O–H groups in total. The molecule has 18 heavy (non-hydrogen) atoms. The summed E-state index contributed by atoms with van der Waals surface area (Å²) in [6.45, 7) is 0.000463. The molecule has 1 heterocycles. The van der Waals surface area contributed by atoms with Crippen LogP contribution in [0, 0.1) is 21.7 Å². The minimum absolute atomic E-state index is 0.000463. The van der Waals surface area contributed by atoms with Crippen LogP contribution in [-0.4, -0.2) is 9.91 Å². The fraction of sp³-hybridized carbons (Fsp3) is 0.100. The van der Waals surface area contributed by atoms with Crippen LogP contribution in [0.25, 0.3) is 0 Å². The number of aromatic nitrogens is 1. The van der Waals surface area contributed by atoms with E-state index in [-0.39, 0.29) is 12.1 Å². The number of nitro groups is 1. The van der Waals surface area contributed by atoms with Crippen molar-refractivity contribution in [2.24, 2.45) is 0 Å². The summed E-state index contributed by atoms with van der Waals surface area (Å²) in [5.41, 5.74) is -0.731. The van der Waals surface area contributed by atoms with E-state index in [1.165, 1.54) is 11.3 Å². The Labute approximate surface area is 104 Å². The van der Waals surface area contributed by atoms with Crippen molar-refractivity contribution in [3.63, 3.8) is 0 Å². The van der Waals surface area contributed by atoms with Gasteiger partial charge in [-0.05, 0) is 0 Å². The number of rotatable bonds is 4. The van der Waals surface area contributed by atoms with Crippen molar-refractivity contribution < 1.29 is 13.7 Å². The average Bonchev–Trinajstić information content (AvgIpc) is 2.80. The largest absolute Gasteiger partial charge is 0.357 e. The quantitative estimate of drug-likeness (QED) is 0.685. The highest BCUT2D eigenvalue weighted by molar-refractivity contribution is 7.13. The molecule has 0 saturated carbocycles. The minimum atomic E-state index is -1.18. The summed E-state index contributed by atoms with van der Waals surface area (Å²) < 4.78 is 26.5. The SMILES string of the molecule is O=[N+]([O-])c1cc(CNc2nccs2)c(F)cc1F. The lowest BCUT2D eigenvalue weighted by Gasteiger charge is -2.05. The first-order valence-corrected chi connectivity index (χ1v) is 5.71. The first kappa shape index (κ1) is 12.4. The van der Waals surface area contributed by atoms with E-state index < -0.39 is 22.2 Å². The molecule has 0 atom stereocenters. The van der Waals surface area contributed by atoms with Crippen molar-refractivity contribution in [2.75, 3.05) is 5.32 Å². The topological polar surface area (TPSA) is 68.1 Å². The molecule has 0 aliphatic heterocycles. The van der Waals surface area contributed by atoms with Crippen LogP contribution in [0.4, 0.5) is 19.6 Å². The van der Waals surface area contributed by atoms with Crippen molar-refractivity contribution in [1.82, 2.24) is 4.98 Å². The van der Waals surface area contributed by atoms with Gasteiger partial charge in [0.2, 0.25) is 5.82 Å². The van der Waals surface area contributed by atoms with Gasteiger partial charge in [0.1, 0.15) is 5.82 Å². The van der Waals surface area contributed by atoms with Crippen LogP contribution in [0.5, 0.6) is 0 Å². The van der Waals surface area contributed by atoms with Gasteiger partial charge in [-0.1, -0.05) is 0 Å². The van der Waals surface area contributed by atoms with E-state index in [2.05, 4.69) is 10.3 Å². The maximum absolute atomic E-state index is 13.4. The zero-order chi connectivity index (χ0) is 13.1. The van der Waals surface area contributed by atoms with E-state index in [0.717, 1.165) is 6.07 Å². The highest BCUT2D eigenvalue weighted by Gasteiger charge is 2.18. The lowest BCUT2D eigenvalue weighted by Crippen LogP contribution is -2.04. The summed E-state index contributed by atoms with van der Waals surface area (Å²) in [6.07, 6.45) is 1.57. The molecule has 0 aliphatic carbocycles. The Balaban J connectivity index is 2.22. The number of halogens is 2. The number of anilines is 1. The van der Waals surface area contributed by atoms with Crippen LogP contribution in [0.1, 0.15) is 5.56 Å². The molecule has 0 amide bonds. The van der Waals surface area contributed by atoms with Gasteiger partial charge in [-0.15, -0.1) is 11.3 Å². The van der Waals surface area contributed by atoms with E-state index in [1.807, 2.05) is 0 Å². The van der Waals surface area contributed by atoms with Gasteiger partial charge in [0.25, 0.3) is 0 Å². The Kier molecular flexibility index (Phi) is 3.47. The minimum Gasteiger partial charge on any atom is -0.357 e. The molecular formula is C10H7F2N3O2S. The molecule has 2 rings (SSSR count). The maximum Gasteiger partial charge on any atom is 0.305 e. The summed E-state index contributed by atoms with van der Waals surface area (Å²) in [5.74, 6) is -2.02. The van der Waals surface area contributed by atoms with Crippen LogP contribution >= 0.6 is 11.3 Å². The molecular weight excluding hydrogens is 264 g/mol. The van der Waals surface area contributed by atoms with Crippen molar-refractivity contribution in [2.45, 2.75) is 6.54 Å². The third-order valence-electron chi connectivity index (χ3n) is 2.17. The molecule has 0 aliphatic rings. The Bertz CT molecular complexity index is 575. The molecule has 94 valence electrons. The fourth-order valence-corrected chi connectivity index (χ4v) is 1.87. The zero-order valence-corrected chi connectivity index (χ0v) is 9.71. The molecule has 0 fully saturated rings. The number of hydrogen-bond donors (Lipinski definition) is 1. The van der Waals surface area contributed by atoms with Gasteiger partial charge in [0.15, 0.2) is 5.13 Å². The van der Waals surface area contributed by atoms with E-state index >= 15 is 0 Å². The molecule has 0 unspecified atom stereocenters. The first-order chi connectivity index (χ1) is 8.58. The second-order valence-electron chi connectivity index (χ2n) is 3.34. The third kappa shape index (κ3) is 2.59. The van der Waals surface area contributed by atoms with Gasteiger partial charge in [-0.3, -0.25) is 10.1 Å². The van der Waals surface area contributed by atoms with E-state index in [9.17, 15) is 18.9 Å². The highest BCUT2D eigenvalue weighted by atomic mass is 32.1. The van der Waals surface area contributed by atoms with E-state index in [0.29, 0.717) is 11.2 Å². The van der Waals surface area contributed by atoms with Crippen molar-refractivity contribution in [3.05, 3.63) is 51.0 Å². The number of nitrogens with one attached hydrogen (secondary N) is 1. The molecule has 0 radical (unpaired) electrons. The molecule has 1 aromatic heterocycles. The van der Waals surface area contributed by atoms with Crippen molar-refractivity contribution in [3.8, 4) is 0 Å². The number of thiazole rings is 1. The van der Waals surface area contributed by atoms with Crippen molar-refractivity contribution >= 4 is 22.2 Å². The Hall–Kier alpha value is -2.09. The number of nitrogens with zero attached hydrogens (tertiary/aromatic N) is 2. The first-order valence-electron chi connectivity index (χ1n) is 4.83. The summed E-state index contributed by atoms with van der Waals surface area (Å²) in [4.78, 5) is 13.6. The molecule has 8 heteroatoms. The summed E-state index contributed by atoms with van der Waals surface area (Å²) in [5, 5.41) is 15.6. The van der Waals surface area contributed by atoms with Crippen LogP contribution < -0.4 is 5.32 Å². The lowest BCUT2D eigenvalue weighted by molar-refractivity contribution is -0.387. The Morgan fingerprint density at radius 2 is 2.17 bits per heavy atom. The molecule has 0 bridgehead atoms. The standard InChI is InChI=1S/C10H7F2N3O2S/c11-7-4-8(12)9(15(16)17)3-6(7)5-14-10-13-1-2-18-10/h1-4H,5H2,(H,13,14). The van der Waals surface area contributed by atoms with Gasteiger partial charge in [-0.25, -0.2) is 9.37 Å². The summed E-state index contributed by atoms with van der Waals surface area (Å²) in [7, 11) is 0. The zero-order valence-electron chi connectivity index (χ0n) is 8.89. The number of hydrogen-bond acceptors (Lipinski definition) is 5. The summed E-state index contributed by atoms with van der Waals surface area (Å²) in [6, 6.07) is 1.39. The molecule has 0 spiro atoms. The second-order valence-corrected chi connectivity index (χ2v) is 4.24. The van der Waals surface area contributed by atoms with Crippen LogP contribution in [0.3, 0.4) is 0 Å². The monoisotopic (exact) mass is 271 g/mol. The smallest absolute Gasteiger partial charge is 0.305 e. The van der Waals surface area contributed by atoms with Crippen LogP contribution in [0.15, 0.2) is 23.7 Å². The number of benzene rings is 1. The summed E-state index contributed by atoms with van der Waals surface area (Å²) >= 11 is 1.31. The van der Waals surface area contributed by atoms with Gasteiger partial charge in [0, 0.05) is 35.8 Å². The number of nitro benzene ring substituents is 1. The second kappa shape index (κ2) is 5.05. The predicted octanol–water partition coefficient (Wildman–Crippen LogP) is 2.94. The Morgan fingerprint density at radius 3 is 2.78 bits per heavy atom. The van der Waals surface area contributed by atoms with Gasteiger partial charge in [-0.2, -0.15) is 4.39 Å². The van der Waals surface area contributed by atoms with E-state index in [1.54, 1.807) is 11.6 Å². The lowest BCUT2D eigenvalue weighted by atomic mass is 10.2. The highest BCUT2D eigenvalue weighted by Crippen LogP contribution is 2.22. The fourth-order valence-electron chi connectivity index (χ4n) is 1.34. The van der Waals surface area contributed by atoms with E-state index in [4.69, 9.17) is 0 Å². The van der Waals surface area contributed by atoms with Crippen molar-refractivity contribution in [1.29, 1.82) is 0 Å². The van der Waals surface area contributed by atoms with Crippen LogP contribution in [-0.2, 0) is 6.54 Å². The van der Waals surface area contributed by atoms with Gasteiger partial charge < -0.3 is 5.32 Å². The van der Waals surface area contributed by atoms with Gasteiger partial charge >= 0.3 is 5.69 Å². The molecule has 5 nitrogen and oxygen atoms in total. The molecule has 1 aromatic carbocycles. The maximum atomic E-state index is 13.4. The normalized spacial score (nSPS) is 10.3. The Morgan fingerprint density at radius 1 is 1.39 bits per heavy atom. The van der Waals surface area contributed by atoms with Gasteiger partial charge in [0.05, 0.1) is 4.92 Å².